The first-order valence-corrected chi connectivity index (χ1v) is 22.6. The van der Waals surface area contributed by atoms with Crippen LogP contribution in [0, 0.1) is 0 Å². The third-order valence-electron chi connectivity index (χ3n) is 11.2. The third kappa shape index (κ3) is 21.5. The fourth-order valence-electron chi connectivity index (χ4n) is 8.16. The molecule has 0 aliphatic heterocycles. The molecule has 1 aromatic carbocycles. The van der Waals surface area contributed by atoms with Crippen molar-refractivity contribution in [3.63, 3.8) is 0 Å². The Hall–Kier alpha value is -1.84. The molecule has 51 heavy (non-hydrogen) atoms. The summed E-state index contributed by atoms with van der Waals surface area (Å²) in [5.41, 5.74) is 4.43. The number of aromatic carboxylic acids is 2. The molecule has 1 aromatic rings. The van der Waals surface area contributed by atoms with Gasteiger partial charge < -0.3 is 10.2 Å². The van der Waals surface area contributed by atoms with Gasteiger partial charge in [0.2, 0.25) is 0 Å². The zero-order valence-electron chi connectivity index (χ0n) is 34.5. The molecule has 0 unspecified atom stereocenters. The molecule has 0 fully saturated rings. The van der Waals surface area contributed by atoms with Gasteiger partial charge in [-0.1, -0.05) is 201 Å². The van der Waals surface area contributed by atoms with E-state index in [1.54, 1.807) is 0 Å². The normalized spacial score (nSPS) is 11.5. The molecule has 4 heteroatoms. The van der Waals surface area contributed by atoms with Crippen molar-refractivity contribution in [2.24, 2.45) is 0 Å². The van der Waals surface area contributed by atoms with Crippen LogP contribution in [0.25, 0.3) is 0 Å². The largest absolute Gasteiger partial charge is 0.478 e. The lowest BCUT2D eigenvalue weighted by Gasteiger charge is -2.25. The maximum atomic E-state index is 13.1. The summed E-state index contributed by atoms with van der Waals surface area (Å²) in [5, 5.41) is 21.5. The summed E-state index contributed by atoms with van der Waals surface area (Å²) in [6.07, 6.45) is 40.8. The predicted molar refractivity (Wildman–Crippen MR) is 221 cm³/mol. The van der Waals surface area contributed by atoms with Crippen molar-refractivity contribution in [3.05, 3.63) is 33.4 Å². The first-order chi connectivity index (χ1) is 24.9. The van der Waals surface area contributed by atoms with Crippen molar-refractivity contribution in [1.82, 2.24) is 0 Å². The molecule has 0 radical (unpaired) electrons. The van der Waals surface area contributed by atoms with Crippen LogP contribution in [0.15, 0.2) is 0 Å². The van der Waals surface area contributed by atoms with E-state index in [0.717, 1.165) is 75.3 Å². The zero-order chi connectivity index (χ0) is 37.4. The Bertz CT molecular complexity index is 1010. The number of hydrogen-bond acceptors (Lipinski definition) is 2. The number of unbranched alkanes of at least 4 members (excludes halogenated alkanes) is 27. The Balaban J connectivity index is 3.41. The van der Waals surface area contributed by atoms with Gasteiger partial charge in [-0.2, -0.15) is 0 Å². The fourth-order valence-corrected chi connectivity index (χ4v) is 8.16. The Morgan fingerprint density at radius 2 is 0.471 bits per heavy atom. The summed E-state index contributed by atoms with van der Waals surface area (Å²) in [7, 11) is 0. The van der Waals surface area contributed by atoms with Gasteiger partial charge in [0.1, 0.15) is 0 Å². The van der Waals surface area contributed by atoms with Crippen molar-refractivity contribution in [3.8, 4) is 0 Å². The average Bonchev–Trinajstić information content (AvgIpc) is 3.11. The van der Waals surface area contributed by atoms with E-state index >= 15 is 0 Å². The van der Waals surface area contributed by atoms with Crippen LogP contribution in [0.4, 0.5) is 0 Å². The van der Waals surface area contributed by atoms with Gasteiger partial charge in [-0.15, -0.1) is 0 Å². The predicted octanol–water partition coefficient (Wildman–Crippen LogP) is 15.4. The van der Waals surface area contributed by atoms with Crippen LogP contribution in [0.3, 0.4) is 0 Å². The SMILES string of the molecule is CCCCCCCCCCCc1c(CCCCCCCCCC)c(CCCCCCCCC)c(CCCCCCCCC)c(C(=O)O)c1C(=O)O. The number of rotatable bonds is 37. The van der Waals surface area contributed by atoms with E-state index in [2.05, 4.69) is 27.7 Å². The van der Waals surface area contributed by atoms with Gasteiger partial charge in [-0.05, 0) is 73.6 Å². The van der Waals surface area contributed by atoms with Crippen molar-refractivity contribution in [1.29, 1.82) is 0 Å². The Kier molecular flexibility index (Phi) is 30.3. The Morgan fingerprint density at radius 1 is 0.294 bits per heavy atom. The molecule has 0 heterocycles. The number of carbonyl (C=O) groups is 2. The smallest absolute Gasteiger partial charge is 0.336 e. The fraction of sp³-hybridized carbons (Fsp3) is 0.830. The standard InChI is InChI=1S/C47H84O4/c1-5-9-13-17-21-23-27-31-35-39-43-41(37-33-29-26-22-18-14-10-6-2)40(36-32-28-24-19-15-11-7-3)42(38-34-30-25-20-16-12-8-4)44(46(48)49)45(43)47(50)51/h5-39H2,1-4H3,(H,48,49)(H,50,51). The summed E-state index contributed by atoms with van der Waals surface area (Å²) in [6, 6.07) is 0. The average molecular weight is 713 g/mol. The summed E-state index contributed by atoms with van der Waals surface area (Å²) in [4.78, 5) is 26.2. The van der Waals surface area contributed by atoms with E-state index < -0.39 is 11.9 Å². The lowest BCUT2D eigenvalue weighted by Crippen LogP contribution is -2.20. The Labute approximate surface area is 316 Å². The molecule has 0 aliphatic carbocycles. The minimum Gasteiger partial charge on any atom is -0.478 e. The molecule has 0 aromatic heterocycles. The van der Waals surface area contributed by atoms with Gasteiger partial charge in [0.05, 0.1) is 11.1 Å². The molecule has 0 saturated heterocycles. The van der Waals surface area contributed by atoms with E-state index in [1.165, 1.54) is 159 Å². The Morgan fingerprint density at radius 3 is 0.667 bits per heavy atom. The van der Waals surface area contributed by atoms with Crippen molar-refractivity contribution < 1.29 is 19.8 Å². The molecule has 0 spiro atoms. The maximum Gasteiger partial charge on any atom is 0.336 e. The number of hydrogen-bond donors (Lipinski definition) is 2. The van der Waals surface area contributed by atoms with Crippen LogP contribution in [0.2, 0.25) is 0 Å². The molecule has 0 bridgehead atoms. The lowest BCUT2D eigenvalue weighted by atomic mass is 9.79. The monoisotopic (exact) mass is 713 g/mol. The topological polar surface area (TPSA) is 74.6 Å². The lowest BCUT2D eigenvalue weighted by molar-refractivity contribution is 0.0649. The van der Waals surface area contributed by atoms with Gasteiger partial charge in [-0.3, -0.25) is 0 Å². The van der Waals surface area contributed by atoms with Gasteiger partial charge in [0.15, 0.2) is 0 Å². The molecule has 0 saturated carbocycles. The van der Waals surface area contributed by atoms with E-state index in [0.29, 0.717) is 12.8 Å². The van der Waals surface area contributed by atoms with Crippen molar-refractivity contribution >= 4 is 11.9 Å². The minimum atomic E-state index is -1.04. The quantitative estimate of drug-likeness (QED) is 0.0674. The van der Waals surface area contributed by atoms with E-state index in [1.807, 2.05) is 0 Å². The van der Waals surface area contributed by atoms with E-state index in [9.17, 15) is 19.8 Å². The molecular formula is C47H84O4. The second-order valence-corrected chi connectivity index (χ2v) is 15.8. The molecular weight excluding hydrogens is 629 g/mol. The molecule has 296 valence electrons. The third-order valence-corrected chi connectivity index (χ3v) is 11.2. The maximum absolute atomic E-state index is 13.1. The molecule has 2 N–H and O–H groups in total. The van der Waals surface area contributed by atoms with Crippen LogP contribution in [-0.4, -0.2) is 22.2 Å². The van der Waals surface area contributed by atoms with Crippen LogP contribution in [0.5, 0.6) is 0 Å². The number of carboxylic acids is 2. The first kappa shape index (κ1) is 47.2. The molecule has 0 amide bonds. The van der Waals surface area contributed by atoms with Crippen LogP contribution in [-0.2, 0) is 25.7 Å². The van der Waals surface area contributed by atoms with Crippen LogP contribution in [0.1, 0.15) is 270 Å². The van der Waals surface area contributed by atoms with Gasteiger partial charge >= 0.3 is 11.9 Å². The zero-order valence-corrected chi connectivity index (χ0v) is 34.5. The highest BCUT2D eigenvalue weighted by molar-refractivity contribution is 6.04. The second-order valence-electron chi connectivity index (χ2n) is 15.8. The minimum absolute atomic E-state index is 0.122. The summed E-state index contributed by atoms with van der Waals surface area (Å²) in [5.74, 6) is -2.09. The van der Waals surface area contributed by atoms with Crippen LogP contribution < -0.4 is 0 Å². The highest BCUT2D eigenvalue weighted by atomic mass is 16.4. The van der Waals surface area contributed by atoms with E-state index in [4.69, 9.17) is 0 Å². The highest BCUT2D eigenvalue weighted by Crippen LogP contribution is 2.35. The summed E-state index contributed by atoms with van der Waals surface area (Å²) >= 11 is 0. The number of benzene rings is 1. The van der Waals surface area contributed by atoms with Gasteiger partial charge in [0.25, 0.3) is 0 Å². The first-order valence-electron chi connectivity index (χ1n) is 22.6. The van der Waals surface area contributed by atoms with Crippen molar-refractivity contribution in [2.45, 2.75) is 252 Å². The summed E-state index contributed by atoms with van der Waals surface area (Å²) in [6.45, 7) is 9.02. The van der Waals surface area contributed by atoms with Crippen molar-refractivity contribution in [2.75, 3.05) is 0 Å². The molecule has 0 atom stereocenters. The molecule has 0 aliphatic rings. The van der Waals surface area contributed by atoms with Crippen LogP contribution >= 0.6 is 0 Å². The molecule has 1 rings (SSSR count). The second kappa shape index (κ2) is 32.8. The molecule has 4 nitrogen and oxygen atoms in total. The number of carboxylic acid groups (broad SMARTS) is 2. The van der Waals surface area contributed by atoms with E-state index in [-0.39, 0.29) is 11.1 Å². The summed E-state index contributed by atoms with van der Waals surface area (Å²) < 4.78 is 0. The van der Waals surface area contributed by atoms with Gasteiger partial charge in [-0.25, -0.2) is 9.59 Å². The van der Waals surface area contributed by atoms with Gasteiger partial charge in [0, 0.05) is 0 Å². The highest BCUT2D eigenvalue weighted by Gasteiger charge is 2.30.